The third-order valence-electron chi connectivity index (χ3n) is 3.72. The minimum atomic E-state index is 0.582. The van der Waals surface area contributed by atoms with E-state index in [-0.39, 0.29) is 0 Å². The Morgan fingerprint density at radius 2 is 2.17 bits per heavy atom. The molecule has 0 amide bonds. The highest BCUT2D eigenvalue weighted by molar-refractivity contribution is 5.49. The summed E-state index contributed by atoms with van der Waals surface area (Å²) in [6, 6.07) is 9.40. The molecule has 1 aliphatic heterocycles. The second-order valence-corrected chi connectivity index (χ2v) is 5.32. The summed E-state index contributed by atoms with van der Waals surface area (Å²) < 4.78 is 0. The van der Waals surface area contributed by atoms with Gasteiger partial charge in [0.15, 0.2) is 0 Å². The summed E-state index contributed by atoms with van der Waals surface area (Å²) in [6.07, 6.45) is 1.11. The average molecular weight is 247 g/mol. The van der Waals surface area contributed by atoms with Crippen molar-refractivity contribution in [2.45, 2.75) is 26.3 Å². The van der Waals surface area contributed by atoms with Crippen molar-refractivity contribution < 1.29 is 0 Å². The highest BCUT2D eigenvalue weighted by atomic mass is 15.3. The second kappa shape index (κ2) is 6.21. The minimum absolute atomic E-state index is 0.582. The number of nitrogens with zero attached hydrogens (tertiary/aromatic N) is 2. The molecule has 0 unspecified atom stereocenters. The molecule has 1 aromatic rings. The molecule has 0 aromatic heterocycles. The van der Waals surface area contributed by atoms with Crippen molar-refractivity contribution in [1.82, 2.24) is 4.90 Å². The van der Waals surface area contributed by atoms with Gasteiger partial charge in [0, 0.05) is 31.4 Å². The molecular weight excluding hydrogens is 222 g/mol. The van der Waals surface area contributed by atoms with Crippen LogP contribution in [-0.2, 0) is 0 Å². The number of piperazine rings is 1. The number of rotatable bonds is 4. The molecule has 3 heteroatoms. The molecule has 100 valence electrons. The van der Waals surface area contributed by atoms with Crippen molar-refractivity contribution in [1.29, 1.82) is 0 Å². The van der Waals surface area contributed by atoms with E-state index in [0.29, 0.717) is 6.04 Å². The lowest BCUT2D eigenvalue weighted by Crippen LogP contribution is -2.52. The number of anilines is 1. The van der Waals surface area contributed by atoms with Gasteiger partial charge >= 0.3 is 0 Å². The first kappa shape index (κ1) is 13.4. The Morgan fingerprint density at radius 1 is 1.33 bits per heavy atom. The summed E-state index contributed by atoms with van der Waals surface area (Å²) in [5.74, 6) is 0. The summed E-state index contributed by atoms with van der Waals surface area (Å²) in [6.45, 7) is 9.83. The molecule has 0 spiro atoms. The summed E-state index contributed by atoms with van der Waals surface area (Å²) in [5, 5.41) is 0. The molecule has 1 atom stereocenters. The summed E-state index contributed by atoms with van der Waals surface area (Å²) in [7, 11) is 0. The molecule has 0 radical (unpaired) electrons. The fraction of sp³-hybridized carbons (Fsp3) is 0.600. The summed E-state index contributed by atoms with van der Waals surface area (Å²) >= 11 is 0. The molecule has 0 bridgehead atoms. The lowest BCUT2D eigenvalue weighted by Gasteiger charge is -2.41. The normalized spacial score (nSPS) is 21.3. The van der Waals surface area contributed by atoms with Crippen LogP contribution >= 0.6 is 0 Å². The fourth-order valence-electron chi connectivity index (χ4n) is 2.74. The van der Waals surface area contributed by atoms with E-state index in [0.717, 1.165) is 39.1 Å². The van der Waals surface area contributed by atoms with Crippen molar-refractivity contribution in [3.05, 3.63) is 29.8 Å². The van der Waals surface area contributed by atoms with E-state index in [1.807, 2.05) is 0 Å². The Labute approximate surface area is 111 Å². The molecule has 2 N–H and O–H groups in total. The zero-order valence-electron chi connectivity index (χ0n) is 11.6. The molecule has 1 saturated heterocycles. The van der Waals surface area contributed by atoms with Crippen LogP contribution in [0.1, 0.15) is 18.9 Å². The van der Waals surface area contributed by atoms with Crippen molar-refractivity contribution in [2.24, 2.45) is 5.73 Å². The maximum absolute atomic E-state index is 5.58. The van der Waals surface area contributed by atoms with Gasteiger partial charge in [-0.25, -0.2) is 0 Å². The predicted molar refractivity (Wildman–Crippen MR) is 78.1 cm³/mol. The third-order valence-corrected chi connectivity index (χ3v) is 3.72. The second-order valence-electron chi connectivity index (χ2n) is 5.32. The standard InChI is InChI=1S/C15H25N3/c1-13-5-3-6-15(11-13)18-10-9-17(8-4-7-16)12-14(18)2/h3,5-6,11,14H,4,7-10,12,16H2,1-2H3/t14-/m1/s1. The Kier molecular flexibility index (Phi) is 4.61. The van der Waals surface area contributed by atoms with Crippen LogP contribution in [0.4, 0.5) is 5.69 Å². The van der Waals surface area contributed by atoms with Crippen LogP contribution in [0.5, 0.6) is 0 Å². The molecular formula is C15H25N3. The largest absolute Gasteiger partial charge is 0.366 e. The number of aryl methyl sites for hydroxylation is 1. The SMILES string of the molecule is Cc1cccc(N2CCN(CCCN)C[C@H]2C)c1. The van der Waals surface area contributed by atoms with E-state index in [1.54, 1.807) is 0 Å². The average Bonchev–Trinajstić information content (AvgIpc) is 2.36. The summed E-state index contributed by atoms with van der Waals surface area (Å²) in [5.41, 5.74) is 8.28. The van der Waals surface area contributed by atoms with E-state index in [9.17, 15) is 0 Å². The Hall–Kier alpha value is -1.06. The van der Waals surface area contributed by atoms with Crippen LogP contribution in [0.15, 0.2) is 24.3 Å². The lowest BCUT2D eigenvalue weighted by molar-refractivity contribution is 0.227. The highest BCUT2D eigenvalue weighted by Gasteiger charge is 2.23. The molecule has 0 saturated carbocycles. The van der Waals surface area contributed by atoms with Crippen LogP contribution in [0.2, 0.25) is 0 Å². The van der Waals surface area contributed by atoms with E-state index in [1.165, 1.54) is 11.3 Å². The summed E-state index contributed by atoms with van der Waals surface area (Å²) in [4.78, 5) is 5.05. The lowest BCUT2D eigenvalue weighted by atomic mass is 10.1. The van der Waals surface area contributed by atoms with Gasteiger partial charge in [0.2, 0.25) is 0 Å². The van der Waals surface area contributed by atoms with Crippen molar-refractivity contribution >= 4 is 5.69 Å². The van der Waals surface area contributed by atoms with Gasteiger partial charge in [-0.15, -0.1) is 0 Å². The predicted octanol–water partition coefficient (Wildman–Crippen LogP) is 1.85. The molecule has 0 aliphatic carbocycles. The van der Waals surface area contributed by atoms with Crippen LogP contribution < -0.4 is 10.6 Å². The zero-order chi connectivity index (χ0) is 13.0. The van der Waals surface area contributed by atoms with Crippen molar-refractivity contribution in [2.75, 3.05) is 37.6 Å². The maximum Gasteiger partial charge on any atom is 0.0389 e. The number of hydrogen-bond acceptors (Lipinski definition) is 3. The van der Waals surface area contributed by atoms with Gasteiger partial charge < -0.3 is 10.6 Å². The topological polar surface area (TPSA) is 32.5 Å². The molecule has 1 fully saturated rings. The van der Waals surface area contributed by atoms with Crippen LogP contribution in [-0.4, -0.2) is 43.7 Å². The van der Waals surface area contributed by atoms with Gasteiger partial charge in [-0.2, -0.15) is 0 Å². The van der Waals surface area contributed by atoms with Crippen LogP contribution in [0.25, 0.3) is 0 Å². The fourth-order valence-corrected chi connectivity index (χ4v) is 2.74. The van der Waals surface area contributed by atoms with Crippen molar-refractivity contribution in [3.63, 3.8) is 0 Å². The number of nitrogens with two attached hydrogens (primary N) is 1. The number of hydrogen-bond donors (Lipinski definition) is 1. The van der Waals surface area contributed by atoms with Gasteiger partial charge in [0.05, 0.1) is 0 Å². The van der Waals surface area contributed by atoms with E-state index >= 15 is 0 Å². The quantitative estimate of drug-likeness (QED) is 0.881. The van der Waals surface area contributed by atoms with Crippen LogP contribution in [0.3, 0.4) is 0 Å². The smallest absolute Gasteiger partial charge is 0.0389 e. The number of benzene rings is 1. The molecule has 1 heterocycles. The molecule has 2 rings (SSSR count). The first-order valence-corrected chi connectivity index (χ1v) is 6.96. The van der Waals surface area contributed by atoms with E-state index in [4.69, 9.17) is 5.73 Å². The van der Waals surface area contributed by atoms with Crippen molar-refractivity contribution in [3.8, 4) is 0 Å². The van der Waals surface area contributed by atoms with Crippen LogP contribution in [0, 0.1) is 6.92 Å². The van der Waals surface area contributed by atoms with Gasteiger partial charge in [0.25, 0.3) is 0 Å². The molecule has 18 heavy (non-hydrogen) atoms. The van der Waals surface area contributed by atoms with Gasteiger partial charge in [-0.1, -0.05) is 12.1 Å². The monoisotopic (exact) mass is 247 g/mol. The highest BCUT2D eigenvalue weighted by Crippen LogP contribution is 2.21. The Morgan fingerprint density at radius 3 is 2.83 bits per heavy atom. The van der Waals surface area contributed by atoms with Gasteiger partial charge in [-0.05, 0) is 51.1 Å². The third kappa shape index (κ3) is 3.24. The Bertz CT molecular complexity index is 378. The van der Waals surface area contributed by atoms with E-state index in [2.05, 4.69) is 47.9 Å². The molecule has 1 aromatic carbocycles. The zero-order valence-corrected chi connectivity index (χ0v) is 11.6. The minimum Gasteiger partial charge on any atom is -0.366 e. The molecule has 1 aliphatic rings. The van der Waals surface area contributed by atoms with Gasteiger partial charge in [0.1, 0.15) is 0 Å². The Balaban J connectivity index is 1.97. The first-order chi connectivity index (χ1) is 8.70. The van der Waals surface area contributed by atoms with Gasteiger partial charge in [-0.3, -0.25) is 4.90 Å². The molecule has 3 nitrogen and oxygen atoms in total. The first-order valence-electron chi connectivity index (χ1n) is 6.96. The maximum atomic E-state index is 5.58. The van der Waals surface area contributed by atoms with E-state index < -0.39 is 0 Å².